The minimum absolute atomic E-state index is 0.0565. The monoisotopic (exact) mass is 852 g/mol. The number of hydrogen-bond acceptors (Lipinski definition) is 5. The van der Waals surface area contributed by atoms with Gasteiger partial charge >= 0.3 is 11.3 Å². The lowest BCUT2D eigenvalue weighted by Crippen LogP contribution is -2.13. The van der Waals surface area contributed by atoms with Crippen molar-refractivity contribution in [2.24, 2.45) is 0 Å². The highest BCUT2D eigenvalue weighted by Crippen LogP contribution is 2.32. The first-order valence-corrected chi connectivity index (χ1v) is 24.9. The Morgan fingerprint density at radius 1 is 0.672 bits per heavy atom. The van der Waals surface area contributed by atoms with Crippen LogP contribution in [-0.2, 0) is 35.9 Å². The standard InChI is InChI=1S/C52H77N5O3S/c1-8-11-14-17-20-23-26-41-28-30-44(40(4)33-41)34-43-35-45(51-53-50-39-49(52(5,6)7)54-57(50)55-51)38-46(36-43)56-61(58)60-47-31-29-42(27-24-21-18-15-12-9-2)37-48(47)59-32-25-22-19-16-13-10-3/h28-31,33,35-39,54,56H,8-27,32,34H2,1-7H3. The van der Waals surface area contributed by atoms with Gasteiger partial charge in [-0.15, -0.1) is 5.10 Å². The van der Waals surface area contributed by atoms with Crippen molar-refractivity contribution in [3.63, 3.8) is 0 Å². The lowest BCUT2D eigenvalue weighted by molar-refractivity contribution is 0.296. The molecule has 0 aliphatic rings. The topological polar surface area (TPSA) is 93.5 Å². The molecule has 0 amide bonds. The van der Waals surface area contributed by atoms with Crippen LogP contribution in [0.3, 0.4) is 0 Å². The number of anilines is 1. The van der Waals surface area contributed by atoms with Gasteiger partial charge in [0.05, 0.1) is 12.3 Å². The van der Waals surface area contributed by atoms with E-state index in [0.29, 0.717) is 29.6 Å². The molecule has 0 radical (unpaired) electrons. The van der Waals surface area contributed by atoms with Crippen LogP contribution in [0.25, 0.3) is 17.0 Å². The molecule has 334 valence electrons. The Morgan fingerprint density at radius 2 is 1.28 bits per heavy atom. The molecule has 2 aromatic heterocycles. The highest BCUT2D eigenvalue weighted by atomic mass is 32.2. The Hall–Kier alpha value is -4.11. The molecule has 0 saturated heterocycles. The van der Waals surface area contributed by atoms with Crippen molar-refractivity contribution in [3.8, 4) is 22.9 Å². The number of nitrogens with one attached hydrogen (secondary N) is 2. The molecule has 61 heavy (non-hydrogen) atoms. The maximum Gasteiger partial charge on any atom is 0.316 e. The van der Waals surface area contributed by atoms with Gasteiger partial charge in [0.2, 0.25) is 0 Å². The molecular weight excluding hydrogens is 775 g/mol. The van der Waals surface area contributed by atoms with Gasteiger partial charge in [0, 0.05) is 22.7 Å². The van der Waals surface area contributed by atoms with E-state index in [4.69, 9.17) is 19.0 Å². The summed E-state index contributed by atoms with van der Waals surface area (Å²) in [7, 11) is 0. The molecule has 0 bridgehead atoms. The number of aromatic amines is 1. The van der Waals surface area contributed by atoms with Gasteiger partial charge in [-0.2, -0.15) is 8.84 Å². The average molecular weight is 852 g/mol. The van der Waals surface area contributed by atoms with Gasteiger partial charge in [0.25, 0.3) is 0 Å². The summed E-state index contributed by atoms with van der Waals surface area (Å²) in [5.41, 5.74) is 9.53. The van der Waals surface area contributed by atoms with Crippen molar-refractivity contribution in [2.45, 2.75) is 189 Å². The minimum Gasteiger partial charge on any atom is -0.490 e. The number of H-pyrrole nitrogens is 1. The van der Waals surface area contributed by atoms with Crippen LogP contribution in [-0.4, -0.2) is 30.6 Å². The maximum absolute atomic E-state index is 13.9. The van der Waals surface area contributed by atoms with Crippen LogP contribution in [0.5, 0.6) is 11.5 Å². The zero-order valence-electron chi connectivity index (χ0n) is 38.8. The first-order valence-electron chi connectivity index (χ1n) is 23.9. The summed E-state index contributed by atoms with van der Waals surface area (Å²) in [6, 6.07) is 21.2. The normalized spacial score (nSPS) is 12.3. The zero-order chi connectivity index (χ0) is 43.5. The third-order valence-electron chi connectivity index (χ3n) is 11.8. The fourth-order valence-electron chi connectivity index (χ4n) is 7.97. The molecule has 3 aromatic carbocycles. The Labute approximate surface area is 371 Å². The predicted molar refractivity (Wildman–Crippen MR) is 257 cm³/mol. The summed E-state index contributed by atoms with van der Waals surface area (Å²) in [5, 5.41) is 8.25. The minimum atomic E-state index is -1.90. The largest absolute Gasteiger partial charge is 0.490 e. The second-order valence-corrected chi connectivity index (χ2v) is 19.2. The third kappa shape index (κ3) is 15.9. The number of hydrogen-bond donors (Lipinski definition) is 2. The second kappa shape index (κ2) is 25.1. The van der Waals surface area contributed by atoms with Crippen molar-refractivity contribution in [3.05, 3.63) is 94.2 Å². The fourth-order valence-corrected chi connectivity index (χ4v) is 8.62. The summed E-state index contributed by atoms with van der Waals surface area (Å²) < 4.78 is 31.3. The Morgan fingerprint density at radius 3 is 1.90 bits per heavy atom. The van der Waals surface area contributed by atoms with Crippen LogP contribution in [0.2, 0.25) is 0 Å². The number of benzene rings is 3. The van der Waals surface area contributed by atoms with Crippen LogP contribution in [0, 0.1) is 6.92 Å². The molecule has 8 nitrogen and oxygen atoms in total. The van der Waals surface area contributed by atoms with Crippen LogP contribution in [0.1, 0.15) is 191 Å². The number of ether oxygens (including phenoxy) is 1. The van der Waals surface area contributed by atoms with E-state index in [1.807, 2.05) is 12.1 Å². The lowest BCUT2D eigenvalue weighted by Gasteiger charge is -2.15. The third-order valence-corrected chi connectivity index (χ3v) is 12.5. The van der Waals surface area contributed by atoms with Gasteiger partial charge in [-0.05, 0) is 104 Å². The van der Waals surface area contributed by atoms with Gasteiger partial charge in [0.15, 0.2) is 23.0 Å². The summed E-state index contributed by atoms with van der Waals surface area (Å²) in [6.45, 7) is 16.1. The molecule has 0 aliphatic heterocycles. The van der Waals surface area contributed by atoms with Crippen LogP contribution < -0.4 is 13.6 Å². The molecule has 5 aromatic rings. The summed E-state index contributed by atoms with van der Waals surface area (Å²) in [4.78, 5) is 4.92. The molecule has 0 spiro atoms. The van der Waals surface area contributed by atoms with Crippen LogP contribution in [0.15, 0.2) is 60.7 Å². The highest BCUT2D eigenvalue weighted by Gasteiger charge is 2.20. The molecule has 0 aliphatic carbocycles. The van der Waals surface area contributed by atoms with Gasteiger partial charge in [-0.3, -0.25) is 9.82 Å². The molecule has 1 atom stereocenters. The lowest BCUT2D eigenvalue weighted by atomic mass is 9.93. The Kier molecular flexibility index (Phi) is 19.7. The highest BCUT2D eigenvalue weighted by molar-refractivity contribution is 7.82. The van der Waals surface area contributed by atoms with E-state index < -0.39 is 11.3 Å². The van der Waals surface area contributed by atoms with Crippen LogP contribution >= 0.6 is 0 Å². The Balaban J connectivity index is 1.34. The summed E-state index contributed by atoms with van der Waals surface area (Å²) >= 11 is -1.90. The number of nitrogens with zero attached hydrogens (tertiary/aromatic N) is 3. The SMILES string of the molecule is CCCCCCCCOc1cc(CCCCCCCC)ccc1OS(=O)Nc1cc(Cc2ccc(CCCCCCCC)cc2C)cc(-c2nc3cc(C(C)(C)C)[nH]n3n2)c1. The first kappa shape index (κ1) is 47.9. The number of fused-ring (bicyclic) bond motifs is 1. The molecule has 9 heteroatoms. The van der Waals surface area contributed by atoms with Gasteiger partial charge < -0.3 is 8.92 Å². The maximum atomic E-state index is 13.9. The van der Waals surface area contributed by atoms with E-state index in [0.717, 1.165) is 61.0 Å². The predicted octanol–water partition coefficient (Wildman–Crippen LogP) is 14.5. The summed E-state index contributed by atoms with van der Waals surface area (Å²) in [6.07, 6.45) is 25.3. The molecule has 1 unspecified atom stereocenters. The van der Waals surface area contributed by atoms with Crippen molar-refractivity contribution in [1.29, 1.82) is 0 Å². The quantitative estimate of drug-likeness (QED) is 0.0467. The number of rotatable bonds is 29. The molecule has 2 heterocycles. The molecule has 0 fully saturated rings. The van der Waals surface area contributed by atoms with E-state index in [2.05, 4.69) is 107 Å². The molecular formula is C52H77N5O3S. The van der Waals surface area contributed by atoms with Gasteiger partial charge in [-0.25, -0.2) is 4.98 Å². The Bertz CT molecular complexity index is 2050. The van der Waals surface area contributed by atoms with E-state index in [9.17, 15) is 4.21 Å². The van der Waals surface area contributed by atoms with Crippen molar-refractivity contribution < 1.29 is 13.1 Å². The molecule has 5 rings (SSSR count). The van der Waals surface area contributed by atoms with E-state index in [1.165, 1.54) is 119 Å². The second-order valence-electron chi connectivity index (χ2n) is 18.3. The van der Waals surface area contributed by atoms with Gasteiger partial charge in [-0.1, -0.05) is 162 Å². The van der Waals surface area contributed by atoms with E-state index >= 15 is 0 Å². The number of aromatic nitrogens is 4. The first-order chi connectivity index (χ1) is 29.6. The van der Waals surface area contributed by atoms with Gasteiger partial charge in [0.1, 0.15) is 0 Å². The molecule has 2 N–H and O–H groups in total. The molecule has 0 saturated carbocycles. The summed E-state index contributed by atoms with van der Waals surface area (Å²) in [5.74, 6) is 1.74. The zero-order valence-corrected chi connectivity index (χ0v) is 39.6. The number of unbranched alkanes of at least 4 members (excludes halogenated alkanes) is 15. The van der Waals surface area contributed by atoms with E-state index in [1.54, 1.807) is 4.63 Å². The fraction of sp³-hybridized carbons (Fsp3) is 0.577. The van der Waals surface area contributed by atoms with Crippen LogP contribution in [0.4, 0.5) is 5.69 Å². The number of aryl methyl sites for hydroxylation is 3. The van der Waals surface area contributed by atoms with Crippen molar-refractivity contribution in [2.75, 3.05) is 11.3 Å². The average Bonchev–Trinajstić information content (AvgIpc) is 3.83. The van der Waals surface area contributed by atoms with Crippen molar-refractivity contribution in [1.82, 2.24) is 19.8 Å². The van der Waals surface area contributed by atoms with Crippen molar-refractivity contribution >= 4 is 22.6 Å². The smallest absolute Gasteiger partial charge is 0.316 e. The van der Waals surface area contributed by atoms with E-state index in [-0.39, 0.29) is 5.41 Å².